The Hall–Kier alpha value is -0.450. The van der Waals surface area contributed by atoms with Gasteiger partial charge in [-0.15, -0.1) is 11.3 Å². The highest BCUT2D eigenvalue weighted by Crippen LogP contribution is 2.13. The lowest BCUT2D eigenvalue weighted by Crippen LogP contribution is -1.96. The van der Waals surface area contributed by atoms with Crippen LogP contribution in [0.3, 0.4) is 0 Å². The summed E-state index contributed by atoms with van der Waals surface area (Å²) in [4.78, 5) is 5.09. The van der Waals surface area contributed by atoms with E-state index in [-0.39, 0.29) is 11.7 Å². The Kier molecular flexibility index (Phi) is 2.16. The van der Waals surface area contributed by atoms with Gasteiger partial charge >= 0.3 is 0 Å². The number of hydrogen-bond donors (Lipinski definition) is 1. The summed E-state index contributed by atoms with van der Waals surface area (Å²) in [6, 6.07) is 3.03. The monoisotopic (exact) mass is 147 g/mol. The van der Waals surface area contributed by atoms with Crippen molar-refractivity contribution < 1.29 is 9.23 Å². The zero-order valence-corrected chi connectivity index (χ0v) is 5.45. The van der Waals surface area contributed by atoms with Gasteiger partial charge in [0.05, 0.1) is 0 Å². The zero-order chi connectivity index (χ0) is 6.69. The van der Waals surface area contributed by atoms with Crippen LogP contribution in [0.5, 0.6) is 0 Å². The highest BCUT2D eigenvalue weighted by molar-refractivity contribution is 7.10. The standard InChI is InChI=1S/C5H6FNOS/c6-5-2-1-4(9-5)3-8-7/h1-2H,3,7H2. The third-order valence-electron chi connectivity index (χ3n) is 0.854. The molecule has 1 aromatic rings. The normalized spacial score (nSPS) is 10.0. The molecule has 1 aromatic heterocycles. The molecule has 0 saturated carbocycles. The summed E-state index contributed by atoms with van der Waals surface area (Å²) >= 11 is 1.04. The second-order valence-electron chi connectivity index (χ2n) is 1.52. The van der Waals surface area contributed by atoms with Gasteiger partial charge < -0.3 is 0 Å². The minimum Gasteiger partial charge on any atom is -0.299 e. The Morgan fingerprint density at radius 1 is 1.67 bits per heavy atom. The van der Waals surface area contributed by atoms with Crippen molar-refractivity contribution in [3.05, 3.63) is 22.1 Å². The van der Waals surface area contributed by atoms with E-state index >= 15 is 0 Å². The molecule has 0 unspecified atom stereocenters. The number of thiophene rings is 1. The second kappa shape index (κ2) is 2.91. The number of halogens is 1. The van der Waals surface area contributed by atoms with Gasteiger partial charge in [0, 0.05) is 4.88 Å². The molecule has 2 nitrogen and oxygen atoms in total. The van der Waals surface area contributed by atoms with Gasteiger partial charge in [0.25, 0.3) is 0 Å². The number of hydrogen-bond acceptors (Lipinski definition) is 3. The van der Waals surface area contributed by atoms with Gasteiger partial charge in [0.2, 0.25) is 0 Å². The lowest BCUT2D eigenvalue weighted by molar-refractivity contribution is 0.126. The van der Waals surface area contributed by atoms with Crippen molar-refractivity contribution in [3.63, 3.8) is 0 Å². The van der Waals surface area contributed by atoms with Crippen LogP contribution in [0.1, 0.15) is 4.88 Å². The molecule has 4 heteroatoms. The first kappa shape index (κ1) is 6.67. The predicted molar refractivity (Wildman–Crippen MR) is 33.3 cm³/mol. The van der Waals surface area contributed by atoms with Crippen molar-refractivity contribution in [2.75, 3.05) is 0 Å². The molecule has 0 saturated heterocycles. The lowest BCUT2D eigenvalue weighted by atomic mass is 10.5. The molecule has 2 N–H and O–H groups in total. The average Bonchev–Trinajstić information content (AvgIpc) is 2.17. The molecule has 0 spiro atoms. The van der Waals surface area contributed by atoms with Gasteiger partial charge in [-0.25, -0.2) is 5.90 Å². The summed E-state index contributed by atoms with van der Waals surface area (Å²) in [7, 11) is 0. The molecule has 0 radical (unpaired) electrons. The van der Waals surface area contributed by atoms with Crippen LogP contribution < -0.4 is 5.90 Å². The third-order valence-corrected chi connectivity index (χ3v) is 1.70. The Morgan fingerprint density at radius 3 is 2.89 bits per heavy atom. The predicted octanol–water partition coefficient (Wildman–Crippen LogP) is 1.28. The van der Waals surface area contributed by atoms with Crippen LogP contribution in [0.15, 0.2) is 12.1 Å². The molecule has 0 fully saturated rings. The van der Waals surface area contributed by atoms with Crippen molar-refractivity contribution in [2.45, 2.75) is 6.61 Å². The maximum atomic E-state index is 12.2. The fourth-order valence-electron chi connectivity index (χ4n) is 0.511. The largest absolute Gasteiger partial charge is 0.299 e. The molecule has 0 aromatic carbocycles. The zero-order valence-electron chi connectivity index (χ0n) is 4.63. The highest BCUT2D eigenvalue weighted by Gasteiger charge is 1.96. The molecule has 0 bridgehead atoms. The molecule has 0 aliphatic carbocycles. The van der Waals surface area contributed by atoms with Gasteiger partial charge in [-0.1, -0.05) is 0 Å². The van der Waals surface area contributed by atoms with Crippen LogP contribution in [0, 0.1) is 5.13 Å². The molecule has 9 heavy (non-hydrogen) atoms. The van der Waals surface area contributed by atoms with Crippen LogP contribution in [0.25, 0.3) is 0 Å². The summed E-state index contributed by atoms with van der Waals surface area (Å²) in [5, 5.41) is -0.206. The molecular weight excluding hydrogens is 141 g/mol. The van der Waals surface area contributed by atoms with E-state index in [1.807, 2.05) is 0 Å². The van der Waals surface area contributed by atoms with Gasteiger partial charge in [-0.2, -0.15) is 4.39 Å². The van der Waals surface area contributed by atoms with Crippen molar-refractivity contribution in [1.82, 2.24) is 0 Å². The van der Waals surface area contributed by atoms with Crippen molar-refractivity contribution >= 4 is 11.3 Å². The van der Waals surface area contributed by atoms with E-state index in [0.717, 1.165) is 16.2 Å². The Labute approximate surface area is 56.0 Å². The maximum absolute atomic E-state index is 12.2. The van der Waals surface area contributed by atoms with Crippen LogP contribution in [0.2, 0.25) is 0 Å². The molecular formula is C5H6FNOS. The van der Waals surface area contributed by atoms with E-state index < -0.39 is 0 Å². The molecule has 0 aliphatic heterocycles. The first-order valence-electron chi connectivity index (χ1n) is 2.39. The summed E-state index contributed by atoms with van der Waals surface area (Å²) < 4.78 is 12.2. The fourth-order valence-corrected chi connectivity index (χ4v) is 1.16. The van der Waals surface area contributed by atoms with Gasteiger partial charge in [0.1, 0.15) is 6.61 Å². The Bertz CT molecular complexity index is 189. The average molecular weight is 147 g/mol. The molecule has 0 aliphatic rings. The summed E-state index contributed by atoms with van der Waals surface area (Å²) in [5.74, 6) is 4.75. The Morgan fingerprint density at radius 2 is 2.44 bits per heavy atom. The third kappa shape index (κ3) is 1.74. The fraction of sp³-hybridized carbons (Fsp3) is 0.200. The second-order valence-corrected chi connectivity index (χ2v) is 2.64. The molecule has 1 rings (SSSR count). The van der Waals surface area contributed by atoms with Crippen molar-refractivity contribution in [1.29, 1.82) is 0 Å². The van der Waals surface area contributed by atoms with Crippen LogP contribution >= 0.6 is 11.3 Å². The van der Waals surface area contributed by atoms with Crippen LogP contribution in [-0.2, 0) is 11.4 Å². The van der Waals surface area contributed by atoms with Gasteiger partial charge in [0.15, 0.2) is 5.13 Å². The van der Waals surface area contributed by atoms with E-state index in [2.05, 4.69) is 4.84 Å². The smallest absolute Gasteiger partial charge is 0.176 e. The molecule has 1 heterocycles. The Balaban J connectivity index is 2.61. The topological polar surface area (TPSA) is 35.2 Å². The van der Waals surface area contributed by atoms with Crippen LogP contribution in [-0.4, -0.2) is 0 Å². The summed E-state index contributed by atoms with van der Waals surface area (Å²) in [6.45, 7) is 0.286. The van der Waals surface area contributed by atoms with Crippen molar-refractivity contribution in [2.24, 2.45) is 5.90 Å². The van der Waals surface area contributed by atoms with E-state index in [0.29, 0.717) is 0 Å². The lowest BCUT2D eigenvalue weighted by Gasteiger charge is -1.88. The molecule has 0 amide bonds. The number of rotatable bonds is 2. The minimum atomic E-state index is -0.206. The van der Waals surface area contributed by atoms with Gasteiger partial charge in [-0.05, 0) is 12.1 Å². The molecule has 50 valence electrons. The van der Waals surface area contributed by atoms with Crippen LogP contribution in [0.4, 0.5) is 4.39 Å². The quantitative estimate of drug-likeness (QED) is 0.639. The van der Waals surface area contributed by atoms with E-state index in [1.54, 1.807) is 6.07 Å². The summed E-state index contributed by atoms with van der Waals surface area (Å²) in [6.07, 6.45) is 0. The SMILES string of the molecule is NOCc1ccc(F)s1. The van der Waals surface area contributed by atoms with Gasteiger partial charge in [-0.3, -0.25) is 4.84 Å². The first-order valence-corrected chi connectivity index (χ1v) is 3.20. The first-order chi connectivity index (χ1) is 4.33. The maximum Gasteiger partial charge on any atom is 0.176 e. The van der Waals surface area contributed by atoms with E-state index in [4.69, 9.17) is 5.90 Å². The molecule has 0 atom stereocenters. The minimum absolute atomic E-state index is 0.206. The van der Waals surface area contributed by atoms with Crippen molar-refractivity contribution in [3.8, 4) is 0 Å². The van der Waals surface area contributed by atoms with E-state index in [1.165, 1.54) is 6.07 Å². The summed E-state index contributed by atoms with van der Waals surface area (Å²) in [5.41, 5.74) is 0. The highest BCUT2D eigenvalue weighted by atomic mass is 32.1. The van der Waals surface area contributed by atoms with E-state index in [9.17, 15) is 4.39 Å². The number of nitrogens with two attached hydrogens (primary N) is 1.